The molecule has 4 fully saturated rings. The zero-order valence-electron chi connectivity index (χ0n) is 12.7. The fraction of sp³-hybridized carbons (Fsp3) is 0.647. The predicted molar refractivity (Wildman–Crippen MR) is 76.1 cm³/mol. The molecule has 3 heterocycles. The van der Waals surface area contributed by atoms with Gasteiger partial charge in [-0.05, 0) is 37.3 Å². The summed E-state index contributed by atoms with van der Waals surface area (Å²) in [6, 6.07) is 6.22. The molecule has 2 bridgehead atoms. The van der Waals surface area contributed by atoms with E-state index in [1.807, 2.05) is 0 Å². The Labute approximate surface area is 129 Å². The Hall–Kier alpha value is -1.01. The Kier molecular flexibility index (Phi) is 3.49. The molecule has 0 N–H and O–H groups in total. The number of benzene rings is 1. The maximum atomic E-state index is 13.2. The lowest BCUT2D eigenvalue weighted by molar-refractivity contribution is -0.558. The largest absolute Gasteiger partial charge is 0.353 e. The van der Waals surface area contributed by atoms with Crippen molar-refractivity contribution in [2.24, 2.45) is 5.92 Å². The maximum absolute atomic E-state index is 13.2. The first kappa shape index (κ1) is 14.6. The predicted octanol–water partition coefficient (Wildman–Crippen LogP) is 3.65. The van der Waals surface area contributed by atoms with Gasteiger partial charge in [0, 0.05) is 19.1 Å². The molecular weight excluding hydrogens is 287 g/mol. The van der Waals surface area contributed by atoms with Crippen molar-refractivity contribution in [3.05, 3.63) is 35.6 Å². The number of ether oxygens (including phenoxy) is 2. The van der Waals surface area contributed by atoms with Crippen molar-refractivity contribution in [1.82, 2.24) is 0 Å². The second-order valence-electron chi connectivity index (χ2n) is 6.55. The van der Waals surface area contributed by atoms with Crippen molar-refractivity contribution >= 4 is 0 Å². The molecule has 120 valence electrons. The maximum Gasteiger partial charge on any atom is 0.230 e. The quantitative estimate of drug-likeness (QED) is 0.782. The smallest absolute Gasteiger partial charge is 0.230 e. The summed E-state index contributed by atoms with van der Waals surface area (Å²) in [5.41, 5.74) is 0.261. The molecule has 4 atom stereocenters. The lowest BCUT2D eigenvalue weighted by atomic mass is 9.73. The van der Waals surface area contributed by atoms with E-state index in [0.717, 1.165) is 31.2 Å². The number of hydrogen-bond donors (Lipinski definition) is 0. The zero-order chi connectivity index (χ0) is 15.2. The Morgan fingerprint density at radius 3 is 2.68 bits per heavy atom. The molecule has 0 aromatic heterocycles. The van der Waals surface area contributed by atoms with Gasteiger partial charge in [0.05, 0.1) is 0 Å². The summed E-state index contributed by atoms with van der Waals surface area (Å²) in [5.74, 6) is -0.910. The summed E-state index contributed by atoms with van der Waals surface area (Å²) in [7, 11) is 1.65. The van der Waals surface area contributed by atoms with Crippen LogP contribution in [0, 0.1) is 11.7 Å². The molecule has 22 heavy (non-hydrogen) atoms. The Balaban J connectivity index is 1.73. The van der Waals surface area contributed by atoms with E-state index in [1.54, 1.807) is 19.2 Å². The van der Waals surface area contributed by atoms with Crippen LogP contribution >= 0.6 is 0 Å². The summed E-state index contributed by atoms with van der Waals surface area (Å²) >= 11 is 0. The summed E-state index contributed by atoms with van der Waals surface area (Å²) in [6.07, 6.45) is 5.46. The Morgan fingerprint density at radius 1 is 1.09 bits per heavy atom. The summed E-state index contributed by atoms with van der Waals surface area (Å²) < 4.78 is 25.1. The van der Waals surface area contributed by atoms with E-state index in [0.29, 0.717) is 12.3 Å². The lowest BCUT2D eigenvalue weighted by Crippen LogP contribution is -2.59. The number of methoxy groups -OCH3 is 1. The Bertz CT molecular complexity index is 544. The molecule has 4 nitrogen and oxygen atoms in total. The van der Waals surface area contributed by atoms with E-state index in [1.165, 1.54) is 18.6 Å². The molecule has 0 amide bonds. The van der Waals surface area contributed by atoms with Gasteiger partial charge in [-0.1, -0.05) is 25.0 Å². The van der Waals surface area contributed by atoms with Crippen molar-refractivity contribution in [2.75, 3.05) is 7.11 Å². The summed E-state index contributed by atoms with van der Waals surface area (Å²) in [6.45, 7) is 0. The monoisotopic (exact) mass is 308 g/mol. The molecule has 3 saturated heterocycles. The molecule has 0 unspecified atom stereocenters. The first-order chi connectivity index (χ1) is 10.7. The normalized spacial score (nSPS) is 41.0. The van der Waals surface area contributed by atoms with E-state index >= 15 is 0 Å². The van der Waals surface area contributed by atoms with E-state index in [-0.39, 0.29) is 5.82 Å². The van der Waals surface area contributed by atoms with Crippen LogP contribution in [0.3, 0.4) is 0 Å². The van der Waals surface area contributed by atoms with E-state index in [9.17, 15) is 4.39 Å². The van der Waals surface area contributed by atoms with Gasteiger partial charge in [-0.2, -0.15) is 4.89 Å². The van der Waals surface area contributed by atoms with Crippen LogP contribution in [-0.4, -0.2) is 19.0 Å². The summed E-state index contributed by atoms with van der Waals surface area (Å²) in [5, 5.41) is 0. The number of rotatable bonds is 2. The van der Waals surface area contributed by atoms with Gasteiger partial charge >= 0.3 is 0 Å². The zero-order valence-corrected chi connectivity index (χ0v) is 12.7. The van der Waals surface area contributed by atoms with Gasteiger partial charge in [-0.15, -0.1) is 0 Å². The minimum absolute atomic E-state index is 0.279. The van der Waals surface area contributed by atoms with Gasteiger partial charge in [0.1, 0.15) is 5.82 Å². The standard InChI is InChI=1S/C17H21FO4/c1-19-15-16-10-3-2-4-12(16)9-11-17(20-15,22-21-16)13-5-7-14(18)8-6-13/h5-8,12,15H,2-4,9-11H2,1H3/t12-,15-,16+,17+/m1/s1. The van der Waals surface area contributed by atoms with Crippen molar-refractivity contribution in [1.29, 1.82) is 0 Å². The first-order valence-electron chi connectivity index (χ1n) is 8.02. The molecular formula is C17H21FO4. The van der Waals surface area contributed by atoms with Crippen molar-refractivity contribution in [2.45, 2.75) is 56.2 Å². The minimum Gasteiger partial charge on any atom is -0.353 e. The van der Waals surface area contributed by atoms with Crippen LogP contribution in [0.2, 0.25) is 0 Å². The van der Waals surface area contributed by atoms with Crippen molar-refractivity contribution in [3.8, 4) is 0 Å². The molecule has 1 spiro atoms. The van der Waals surface area contributed by atoms with Crippen molar-refractivity contribution < 1.29 is 23.6 Å². The third kappa shape index (κ3) is 2.03. The van der Waals surface area contributed by atoms with Gasteiger partial charge in [0.2, 0.25) is 5.79 Å². The third-order valence-corrected chi connectivity index (χ3v) is 5.41. The molecule has 1 aromatic rings. The van der Waals surface area contributed by atoms with Crippen LogP contribution in [-0.2, 0) is 25.0 Å². The Morgan fingerprint density at radius 2 is 1.91 bits per heavy atom. The molecule has 1 aromatic carbocycles. The lowest BCUT2D eigenvalue weighted by Gasteiger charge is -2.49. The van der Waals surface area contributed by atoms with Crippen molar-refractivity contribution in [3.63, 3.8) is 0 Å². The van der Waals surface area contributed by atoms with Crippen LogP contribution in [0.15, 0.2) is 24.3 Å². The second kappa shape index (κ2) is 5.27. The van der Waals surface area contributed by atoms with Gasteiger partial charge in [0.25, 0.3) is 0 Å². The fourth-order valence-electron chi connectivity index (χ4n) is 4.20. The van der Waals surface area contributed by atoms with E-state index < -0.39 is 17.7 Å². The fourth-order valence-corrected chi connectivity index (χ4v) is 4.20. The number of hydrogen-bond acceptors (Lipinski definition) is 4. The molecule has 5 heteroatoms. The summed E-state index contributed by atoms with van der Waals surface area (Å²) in [4.78, 5) is 11.7. The highest BCUT2D eigenvalue weighted by atomic mass is 19.1. The highest BCUT2D eigenvalue weighted by Crippen LogP contribution is 2.54. The molecule has 1 aliphatic carbocycles. The van der Waals surface area contributed by atoms with Gasteiger partial charge in [0.15, 0.2) is 11.9 Å². The highest BCUT2D eigenvalue weighted by Gasteiger charge is 2.61. The molecule has 0 radical (unpaired) electrons. The minimum atomic E-state index is -1.00. The van der Waals surface area contributed by atoms with Crippen LogP contribution in [0.25, 0.3) is 0 Å². The van der Waals surface area contributed by atoms with Crippen LogP contribution in [0.5, 0.6) is 0 Å². The van der Waals surface area contributed by atoms with Crippen LogP contribution in [0.1, 0.15) is 44.1 Å². The van der Waals surface area contributed by atoms with Gasteiger partial charge in [-0.3, -0.25) is 0 Å². The number of fused-ring (bicyclic) bond motifs is 3. The average molecular weight is 308 g/mol. The van der Waals surface area contributed by atoms with E-state index in [2.05, 4.69) is 0 Å². The SMILES string of the molecule is CO[C@@H]1O[C@@]2(c3ccc(F)cc3)CC[C@H]3CCCC[C@]31OO2. The van der Waals surface area contributed by atoms with E-state index in [4.69, 9.17) is 19.2 Å². The second-order valence-corrected chi connectivity index (χ2v) is 6.55. The average Bonchev–Trinajstić information content (AvgIpc) is 2.81. The van der Waals surface area contributed by atoms with Gasteiger partial charge < -0.3 is 9.47 Å². The molecule has 4 aliphatic rings. The third-order valence-electron chi connectivity index (χ3n) is 5.41. The molecule has 1 saturated carbocycles. The van der Waals surface area contributed by atoms with Crippen LogP contribution in [0.4, 0.5) is 4.39 Å². The molecule has 3 aliphatic heterocycles. The van der Waals surface area contributed by atoms with Crippen LogP contribution < -0.4 is 0 Å². The number of halogens is 1. The topological polar surface area (TPSA) is 36.9 Å². The first-order valence-corrected chi connectivity index (χ1v) is 8.02. The highest BCUT2D eigenvalue weighted by molar-refractivity contribution is 5.22. The molecule has 5 rings (SSSR count). The van der Waals surface area contributed by atoms with Gasteiger partial charge in [-0.25, -0.2) is 9.28 Å².